The molecule has 0 aliphatic heterocycles. The van der Waals surface area contributed by atoms with Crippen LogP contribution in [-0.2, 0) is 6.54 Å². The van der Waals surface area contributed by atoms with Crippen LogP contribution >= 0.6 is 11.8 Å². The molecule has 0 atom stereocenters. The van der Waals surface area contributed by atoms with E-state index in [1.807, 2.05) is 26.0 Å². The Bertz CT molecular complexity index is 620. The maximum Gasteiger partial charge on any atom is 0.191 e. The normalized spacial score (nSPS) is 11.9. The molecule has 0 fully saturated rings. The molecular weight excluding hydrogens is 294 g/mol. The van der Waals surface area contributed by atoms with Crippen molar-refractivity contribution in [1.29, 1.82) is 0 Å². The summed E-state index contributed by atoms with van der Waals surface area (Å²) >= 11 is 1.59. The Morgan fingerprint density at radius 1 is 1.14 bits per heavy atom. The number of aromatic nitrogens is 3. The summed E-state index contributed by atoms with van der Waals surface area (Å²) in [5, 5.41) is 20.0. The van der Waals surface area contributed by atoms with Crippen LogP contribution in [0, 0.1) is 6.92 Å². The van der Waals surface area contributed by atoms with E-state index in [9.17, 15) is 5.11 Å². The molecule has 120 valence electrons. The molecular formula is C17H25N3OS. The molecule has 5 heteroatoms. The molecule has 2 aromatic rings. The number of rotatable bonds is 7. The molecule has 0 amide bonds. The zero-order valence-corrected chi connectivity index (χ0v) is 14.7. The summed E-state index contributed by atoms with van der Waals surface area (Å²) in [6, 6.07) is 8.22. The van der Waals surface area contributed by atoms with Crippen LogP contribution in [0.1, 0.15) is 39.2 Å². The van der Waals surface area contributed by atoms with Crippen molar-refractivity contribution in [1.82, 2.24) is 14.8 Å². The number of aryl methyl sites for hydroxylation is 1. The van der Waals surface area contributed by atoms with Gasteiger partial charge < -0.3 is 9.67 Å². The predicted octanol–water partition coefficient (Wildman–Crippen LogP) is 3.92. The number of benzene rings is 1. The molecule has 4 nitrogen and oxygen atoms in total. The third-order valence-corrected chi connectivity index (χ3v) is 5.45. The van der Waals surface area contributed by atoms with Gasteiger partial charge in [0.1, 0.15) is 0 Å². The van der Waals surface area contributed by atoms with Gasteiger partial charge in [-0.05, 0) is 32.3 Å². The van der Waals surface area contributed by atoms with Gasteiger partial charge >= 0.3 is 0 Å². The molecule has 2 rings (SSSR count). The van der Waals surface area contributed by atoms with Crippen LogP contribution in [0.15, 0.2) is 29.4 Å². The molecule has 0 unspecified atom stereocenters. The van der Waals surface area contributed by atoms with Crippen molar-refractivity contribution in [2.75, 3.05) is 5.75 Å². The maximum absolute atomic E-state index is 10.4. The SMILES string of the molecule is CCn1c(SCC(O)(CC)CC)nnc1-c1ccccc1C. The largest absolute Gasteiger partial charge is 0.389 e. The van der Waals surface area contributed by atoms with Crippen LogP contribution in [0.4, 0.5) is 0 Å². The average Bonchev–Trinajstić information content (AvgIpc) is 2.95. The lowest BCUT2D eigenvalue weighted by molar-refractivity contribution is 0.0571. The maximum atomic E-state index is 10.4. The highest BCUT2D eigenvalue weighted by molar-refractivity contribution is 7.99. The van der Waals surface area contributed by atoms with Crippen LogP contribution in [0.3, 0.4) is 0 Å². The smallest absolute Gasteiger partial charge is 0.191 e. The van der Waals surface area contributed by atoms with Gasteiger partial charge in [0.25, 0.3) is 0 Å². The van der Waals surface area contributed by atoms with Gasteiger partial charge in [-0.15, -0.1) is 10.2 Å². The molecule has 0 radical (unpaired) electrons. The van der Waals surface area contributed by atoms with E-state index in [2.05, 4.69) is 40.7 Å². The molecule has 22 heavy (non-hydrogen) atoms. The van der Waals surface area contributed by atoms with Gasteiger partial charge in [-0.2, -0.15) is 0 Å². The van der Waals surface area contributed by atoms with Crippen LogP contribution in [0.2, 0.25) is 0 Å². The minimum Gasteiger partial charge on any atom is -0.389 e. The van der Waals surface area contributed by atoms with Crippen molar-refractivity contribution in [3.8, 4) is 11.4 Å². The first-order valence-corrected chi connectivity index (χ1v) is 8.87. The molecule has 0 spiro atoms. The van der Waals surface area contributed by atoms with E-state index in [0.29, 0.717) is 5.75 Å². The average molecular weight is 319 g/mol. The highest BCUT2D eigenvalue weighted by Gasteiger charge is 2.24. The van der Waals surface area contributed by atoms with E-state index in [-0.39, 0.29) is 0 Å². The van der Waals surface area contributed by atoms with E-state index in [1.54, 1.807) is 11.8 Å². The summed E-state index contributed by atoms with van der Waals surface area (Å²) in [6.07, 6.45) is 1.50. The summed E-state index contributed by atoms with van der Waals surface area (Å²) < 4.78 is 2.12. The second-order valence-corrected chi connectivity index (χ2v) is 6.53. The fourth-order valence-corrected chi connectivity index (χ4v) is 3.63. The summed E-state index contributed by atoms with van der Waals surface area (Å²) in [5.41, 5.74) is 1.68. The van der Waals surface area contributed by atoms with Crippen LogP contribution in [0.25, 0.3) is 11.4 Å². The lowest BCUT2D eigenvalue weighted by Gasteiger charge is -2.24. The van der Waals surface area contributed by atoms with Crippen LogP contribution in [-0.4, -0.2) is 31.2 Å². The monoisotopic (exact) mass is 319 g/mol. The first-order valence-electron chi connectivity index (χ1n) is 7.89. The van der Waals surface area contributed by atoms with Crippen molar-refractivity contribution in [3.63, 3.8) is 0 Å². The molecule has 1 heterocycles. The second kappa shape index (κ2) is 7.29. The third kappa shape index (κ3) is 3.52. The zero-order chi connectivity index (χ0) is 16.2. The molecule has 0 bridgehead atoms. The van der Waals surface area contributed by atoms with Gasteiger partial charge in [-0.25, -0.2) is 0 Å². The van der Waals surface area contributed by atoms with E-state index in [4.69, 9.17) is 0 Å². The number of thioether (sulfide) groups is 1. The molecule has 1 aromatic carbocycles. The number of aliphatic hydroxyl groups is 1. The molecule has 0 saturated carbocycles. The summed E-state index contributed by atoms with van der Waals surface area (Å²) in [4.78, 5) is 0. The summed E-state index contributed by atoms with van der Waals surface area (Å²) in [5.74, 6) is 1.55. The fraction of sp³-hybridized carbons (Fsp3) is 0.529. The minimum absolute atomic E-state index is 0.627. The highest BCUT2D eigenvalue weighted by Crippen LogP contribution is 2.29. The van der Waals surface area contributed by atoms with E-state index < -0.39 is 5.60 Å². The van der Waals surface area contributed by atoms with Gasteiger partial charge in [0.15, 0.2) is 11.0 Å². The van der Waals surface area contributed by atoms with Crippen LogP contribution in [0.5, 0.6) is 0 Å². The van der Waals surface area contributed by atoms with Gasteiger partial charge in [0, 0.05) is 17.9 Å². The standard InChI is InChI=1S/C17H25N3OS/c1-5-17(21,6-2)12-22-16-19-18-15(20(16)7-3)14-11-9-8-10-13(14)4/h8-11,21H,5-7,12H2,1-4H3. The fourth-order valence-electron chi connectivity index (χ4n) is 2.36. The van der Waals surface area contributed by atoms with Gasteiger partial charge in [-0.3, -0.25) is 0 Å². The first kappa shape index (κ1) is 17.0. The Balaban J connectivity index is 2.27. The predicted molar refractivity (Wildman–Crippen MR) is 92.1 cm³/mol. The lowest BCUT2D eigenvalue weighted by atomic mass is 10.0. The molecule has 1 N–H and O–H groups in total. The van der Waals surface area contributed by atoms with Crippen molar-refractivity contribution in [3.05, 3.63) is 29.8 Å². The molecule has 0 saturated heterocycles. The Kier molecular flexibility index (Phi) is 5.64. The Morgan fingerprint density at radius 2 is 1.82 bits per heavy atom. The summed E-state index contributed by atoms with van der Waals surface area (Å²) in [6.45, 7) is 9.04. The summed E-state index contributed by atoms with van der Waals surface area (Å²) in [7, 11) is 0. The molecule has 1 aromatic heterocycles. The third-order valence-electron chi connectivity index (χ3n) is 4.21. The van der Waals surface area contributed by atoms with Crippen LogP contribution < -0.4 is 0 Å². The molecule has 0 aliphatic carbocycles. The number of nitrogens with zero attached hydrogens (tertiary/aromatic N) is 3. The Morgan fingerprint density at radius 3 is 2.41 bits per heavy atom. The minimum atomic E-state index is -0.627. The Labute approximate surface area is 137 Å². The number of hydrogen-bond acceptors (Lipinski definition) is 4. The van der Waals surface area contributed by atoms with Gasteiger partial charge in [-0.1, -0.05) is 49.9 Å². The molecule has 0 aliphatic rings. The van der Waals surface area contributed by atoms with E-state index >= 15 is 0 Å². The van der Waals surface area contributed by atoms with Gasteiger partial charge in [0.05, 0.1) is 5.60 Å². The van der Waals surface area contributed by atoms with E-state index in [1.165, 1.54) is 5.56 Å². The quantitative estimate of drug-likeness (QED) is 0.786. The Hall–Kier alpha value is -1.33. The van der Waals surface area contributed by atoms with Gasteiger partial charge in [0.2, 0.25) is 0 Å². The zero-order valence-electron chi connectivity index (χ0n) is 13.8. The van der Waals surface area contributed by atoms with Crippen molar-refractivity contribution < 1.29 is 5.11 Å². The van der Waals surface area contributed by atoms with Crippen molar-refractivity contribution in [2.24, 2.45) is 0 Å². The highest BCUT2D eigenvalue weighted by atomic mass is 32.2. The first-order chi connectivity index (χ1) is 10.5. The topological polar surface area (TPSA) is 50.9 Å². The van der Waals surface area contributed by atoms with Crippen molar-refractivity contribution in [2.45, 2.75) is 57.8 Å². The lowest BCUT2D eigenvalue weighted by Crippen LogP contribution is -2.29. The second-order valence-electron chi connectivity index (χ2n) is 5.59. The van der Waals surface area contributed by atoms with E-state index in [0.717, 1.165) is 35.9 Å². The number of hydrogen-bond donors (Lipinski definition) is 1. The van der Waals surface area contributed by atoms with Crippen molar-refractivity contribution >= 4 is 11.8 Å².